The van der Waals surface area contributed by atoms with Crippen LogP contribution in [-0.2, 0) is 11.7 Å². The number of nitrogens with two attached hydrogens (primary N) is 1. The minimum absolute atomic E-state index is 0.279. The van der Waals surface area contributed by atoms with Gasteiger partial charge in [0.05, 0.1) is 11.2 Å². The van der Waals surface area contributed by atoms with Crippen molar-refractivity contribution in [2.45, 2.75) is 43.5 Å². The first kappa shape index (κ1) is 13.4. The van der Waals surface area contributed by atoms with Gasteiger partial charge < -0.3 is 10.8 Å². The summed E-state index contributed by atoms with van der Waals surface area (Å²) >= 11 is 0. The van der Waals surface area contributed by atoms with Crippen molar-refractivity contribution in [2.24, 2.45) is 5.73 Å². The molecule has 1 aliphatic carbocycles. The van der Waals surface area contributed by atoms with Crippen LogP contribution in [0.3, 0.4) is 0 Å². The van der Waals surface area contributed by atoms with Crippen molar-refractivity contribution < 1.29 is 18.3 Å². The quantitative estimate of drug-likeness (QED) is 0.814. The van der Waals surface area contributed by atoms with Gasteiger partial charge in [-0.3, -0.25) is 0 Å². The second-order valence-corrected chi connectivity index (χ2v) is 5.41. The Hall–Kier alpha value is -1.07. The molecular weight excluding hydrogens is 243 g/mol. The zero-order valence-corrected chi connectivity index (χ0v) is 10.1. The van der Waals surface area contributed by atoms with Gasteiger partial charge in [-0.05, 0) is 43.9 Å². The van der Waals surface area contributed by atoms with E-state index in [-0.39, 0.29) is 6.42 Å². The molecule has 100 valence electrons. The number of hydrogen-bond donors (Lipinski definition) is 2. The van der Waals surface area contributed by atoms with E-state index in [0.29, 0.717) is 18.4 Å². The normalized spacial score (nSPS) is 32.8. The summed E-state index contributed by atoms with van der Waals surface area (Å²) in [6, 6.07) is 5.07. The SMILES string of the molecule is CC1(O)CCC(N)(c2cccc(C(F)(F)F)c2)C1. The van der Waals surface area contributed by atoms with Gasteiger partial charge in [0.2, 0.25) is 0 Å². The zero-order chi connectivity index (χ0) is 13.6. The summed E-state index contributed by atoms with van der Waals surface area (Å²) in [6.07, 6.45) is -3.10. The van der Waals surface area contributed by atoms with Crippen LogP contribution in [0.1, 0.15) is 37.3 Å². The number of alkyl halides is 3. The third-order valence-corrected chi connectivity index (χ3v) is 3.57. The number of hydrogen-bond acceptors (Lipinski definition) is 2. The fourth-order valence-electron chi connectivity index (χ4n) is 2.60. The summed E-state index contributed by atoms with van der Waals surface area (Å²) in [5.74, 6) is 0. The molecule has 1 aromatic rings. The highest BCUT2D eigenvalue weighted by Gasteiger charge is 2.43. The predicted octanol–water partition coefficient (Wildman–Crippen LogP) is 2.79. The van der Waals surface area contributed by atoms with E-state index in [0.717, 1.165) is 12.1 Å². The van der Waals surface area contributed by atoms with E-state index in [1.807, 2.05) is 0 Å². The number of benzene rings is 1. The molecular formula is C13H16F3NO. The average Bonchev–Trinajstić information content (AvgIpc) is 2.53. The van der Waals surface area contributed by atoms with Crippen LogP contribution in [0, 0.1) is 0 Å². The van der Waals surface area contributed by atoms with E-state index in [1.54, 1.807) is 13.0 Å². The first-order chi connectivity index (χ1) is 8.12. The molecule has 1 aliphatic rings. The van der Waals surface area contributed by atoms with Crippen molar-refractivity contribution in [2.75, 3.05) is 0 Å². The van der Waals surface area contributed by atoms with Gasteiger partial charge in [0.15, 0.2) is 0 Å². The van der Waals surface area contributed by atoms with Crippen LogP contribution in [0.25, 0.3) is 0 Å². The van der Waals surface area contributed by atoms with E-state index < -0.39 is 22.9 Å². The maximum Gasteiger partial charge on any atom is 0.416 e. The molecule has 0 aromatic heterocycles. The standard InChI is InChI=1S/C13H16F3NO/c1-11(18)5-6-12(17,8-11)9-3-2-4-10(7-9)13(14,15)16/h2-4,7,18H,5-6,8,17H2,1H3. The molecule has 0 aliphatic heterocycles. The highest BCUT2D eigenvalue weighted by Crippen LogP contribution is 2.43. The molecule has 2 atom stereocenters. The second kappa shape index (κ2) is 3.96. The van der Waals surface area contributed by atoms with E-state index in [9.17, 15) is 18.3 Å². The van der Waals surface area contributed by atoms with Crippen LogP contribution in [-0.4, -0.2) is 10.7 Å². The van der Waals surface area contributed by atoms with Crippen LogP contribution in [0.2, 0.25) is 0 Å². The number of halogens is 3. The Balaban J connectivity index is 2.35. The molecule has 0 saturated heterocycles. The molecule has 2 nitrogen and oxygen atoms in total. The summed E-state index contributed by atoms with van der Waals surface area (Å²) in [5.41, 5.74) is 4.11. The zero-order valence-electron chi connectivity index (χ0n) is 10.1. The molecule has 0 heterocycles. The summed E-state index contributed by atoms with van der Waals surface area (Å²) in [4.78, 5) is 0. The molecule has 1 saturated carbocycles. The Labute approximate surface area is 104 Å². The molecule has 3 N–H and O–H groups in total. The van der Waals surface area contributed by atoms with Gasteiger partial charge in [-0.15, -0.1) is 0 Å². The largest absolute Gasteiger partial charge is 0.416 e. The van der Waals surface area contributed by atoms with Crippen LogP contribution < -0.4 is 5.73 Å². The minimum Gasteiger partial charge on any atom is -0.390 e. The van der Waals surface area contributed by atoms with Crippen LogP contribution >= 0.6 is 0 Å². The molecule has 0 amide bonds. The average molecular weight is 259 g/mol. The molecule has 2 unspecified atom stereocenters. The Bertz CT molecular complexity index is 456. The lowest BCUT2D eigenvalue weighted by Crippen LogP contribution is -2.36. The third-order valence-electron chi connectivity index (χ3n) is 3.57. The van der Waals surface area contributed by atoms with Crippen molar-refractivity contribution in [1.82, 2.24) is 0 Å². The number of rotatable bonds is 1. The van der Waals surface area contributed by atoms with E-state index in [4.69, 9.17) is 5.73 Å². The van der Waals surface area contributed by atoms with Crippen LogP contribution in [0.5, 0.6) is 0 Å². The number of aliphatic hydroxyl groups is 1. The van der Waals surface area contributed by atoms with E-state index in [1.165, 1.54) is 6.07 Å². The molecule has 1 fully saturated rings. The summed E-state index contributed by atoms with van der Waals surface area (Å²) in [6.45, 7) is 1.66. The summed E-state index contributed by atoms with van der Waals surface area (Å²) < 4.78 is 37.9. The van der Waals surface area contributed by atoms with Crippen LogP contribution in [0.15, 0.2) is 24.3 Å². The lowest BCUT2D eigenvalue weighted by molar-refractivity contribution is -0.137. The maximum absolute atomic E-state index is 12.6. The smallest absolute Gasteiger partial charge is 0.390 e. The van der Waals surface area contributed by atoms with Gasteiger partial charge in [0.25, 0.3) is 0 Å². The van der Waals surface area contributed by atoms with Crippen molar-refractivity contribution in [3.05, 3.63) is 35.4 Å². The Morgan fingerprint density at radius 1 is 1.28 bits per heavy atom. The third kappa shape index (κ3) is 2.52. The Kier molecular flexibility index (Phi) is 2.94. The fourth-order valence-corrected chi connectivity index (χ4v) is 2.60. The summed E-state index contributed by atoms with van der Waals surface area (Å²) in [5, 5.41) is 9.92. The minimum atomic E-state index is -4.37. The Morgan fingerprint density at radius 3 is 2.44 bits per heavy atom. The topological polar surface area (TPSA) is 46.2 Å². The van der Waals surface area contributed by atoms with Crippen molar-refractivity contribution >= 4 is 0 Å². The molecule has 5 heteroatoms. The van der Waals surface area contributed by atoms with Gasteiger partial charge in [0, 0.05) is 5.54 Å². The fraction of sp³-hybridized carbons (Fsp3) is 0.538. The summed E-state index contributed by atoms with van der Waals surface area (Å²) in [7, 11) is 0. The van der Waals surface area contributed by atoms with Gasteiger partial charge in [-0.1, -0.05) is 12.1 Å². The molecule has 0 spiro atoms. The Morgan fingerprint density at radius 2 is 1.94 bits per heavy atom. The highest BCUT2D eigenvalue weighted by molar-refractivity contribution is 5.32. The second-order valence-electron chi connectivity index (χ2n) is 5.41. The van der Waals surface area contributed by atoms with Gasteiger partial charge in [-0.25, -0.2) is 0 Å². The molecule has 0 radical (unpaired) electrons. The van der Waals surface area contributed by atoms with Crippen molar-refractivity contribution in [3.8, 4) is 0 Å². The molecule has 1 aromatic carbocycles. The molecule has 0 bridgehead atoms. The lowest BCUT2D eigenvalue weighted by atomic mass is 9.87. The van der Waals surface area contributed by atoms with Gasteiger partial charge in [-0.2, -0.15) is 13.2 Å². The van der Waals surface area contributed by atoms with Crippen molar-refractivity contribution in [3.63, 3.8) is 0 Å². The monoisotopic (exact) mass is 259 g/mol. The predicted molar refractivity (Wildman–Crippen MR) is 61.8 cm³/mol. The highest BCUT2D eigenvalue weighted by atomic mass is 19.4. The van der Waals surface area contributed by atoms with Crippen molar-refractivity contribution in [1.29, 1.82) is 0 Å². The first-order valence-electron chi connectivity index (χ1n) is 5.81. The van der Waals surface area contributed by atoms with Crippen LogP contribution in [0.4, 0.5) is 13.2 Å². The van der Waals surface area contributed by atoms with E-state index in [2.05, 4.69) is 0 Å². The van der Waals surface area contributed by atoms with E-state index >= 15 is 0 Å². The maximum atomic E-state index is 12.6. The van der Waals surface area contributed by atoms with Gasteiger partial charge in [0.1, 0.15) is 0 Å². The first-order valence-corrected chi connectivity index (χ1v) is 5.81. The lowest BCUT2D eigenvalue weighted by Gasteiger charge is -2.27. The van der Waals surface area contributed by atoms with Gasteiger partial charge >= 0.3 is 6.18 Å². The molecule has 18 heavy (non-hydrogen) atoms. The molecule has 2 rings (SSSR count).